The predicted octanol–water partition coefficient (Wildman–Crippen LogP) is 4.68. The molecule has 0 amide bonds. The first-order chi connectivity index (χ1) is 11.3. The van der Waals surface area contributed by atoms with Crippen molar-refractivity contribution in [2.45, 2.75) is 0 Å². The zero-order valence-corrected chi connectivity index (χ0v) is 12.2. The lowest BCUT2D eigenvalue weighted by Gasteiger charge is -2.06. The van der Waals surface area contributed by atoms with E-state index in [9.17, 15) is 4.39 Å². The molecule has 0 aliphatic rings. The molecule has 23 heavy (non-hydrogen) atoms. The Bertz CT molecular complexity index is 963. The Morgan fingerprint density at radius 3 is 2.30 bits per heavy atom. The Hall–Kier alpha value is -3.14. The third-order valence-corrected chi connectivity index (χ3v) is 3.62. The van der Waals surface area contributed by atoms with Crippen LogP contribution in [0.3, 0.4) is 0 Å². The van der Waals surface area contributed by atoms with Gasteiger partial charge in [-0.05, 0) is 18.2 Å². The van der Waals surface area contributed by atoms with Gasteiger partial charge in [-0.25, -0.2) is 4.39 Å². The average Bonchev–Trinajstić information content (AvgIpc) is 2.97. The minimum Gasteiger partial charge on any atom is -0.354 e. The Morgan fingerprint density at radius 1 is 0.783 bits per heavy atom. The van der Waals surface area contributed by atoms with Crippen molar-refractivity contribution in [3.63, 3.8) is 0 Å². The van der Waals surface area contributed by atoms with Crippen LogP contribution in [0.2, 0.25) is 0 Å². The Balaban J connectivity index is 1.87. The molecule has 0 spiro atoms. The Morgan fingerprint density at radius 2 is 1.48 bits per heavy atom. The zero-order chi connectivity index (χ0) is 15.6. The molecule has 0 atom stereocenters. The molecule has 4 aromatic rings. The highest BCUT2D eigenvalue weighted by Crippen LogP contribution is 2.28. The van der Waals surface area contributed by atoms with E-state index in [1.807, 2.05) is 54.6 Å². The van der Waals surface area contributed by atoms with E-state index in [2.05, 4.69) is 5.10 Å². The smallest absolute Gasteiger partial charge is 0.193 e. The fourth-order valence-corrected chi connectivity index (χ4v) is 2.53. The number of hydrogen-bond donors (Lipinski definition) is 0. The van der Waals surface area contributed by atoms with Crippen LogP contribution >= 0.6 is 0 Å². The molecule has 3 nitrogen and oxygen atoms in total. The summed E-state index contributed by atoms with van der Waals surface area (Å²) in [6, 6.07) is 23.9. The van der Waals surface area contributed by atoms with Crippen LogP contribution in [0.1, 0.15) is 0 Å². The molecule has 0 saturated heterocycles. The van der Waals surface area contributed by atoms with E-state index in [4.69, 9.17) is 4.84 Å². The number of rotatable bonds is 3. The summed E-state index contributed by atoms with van der Waals surface area (Å²) in [4.78, 5) is 7.03. The molecule has 0 radical (unpaired) electrons. The highest BCUT2D eigenvalue weighted by atomic mass is 19.1. The first-order valence-corrected chi connectivity index (χ1v) is 7.29. The summed E-state index contributed by atoms with van der Waals surface area (Å²) in [6.45, 7) is 0. The first kappa shape index (κ1) is 13.5. The molecule has 1 aromatic heterocycles. The lowest BCUT2D eigenvalue weighted by atomic mass is 10.1. The maximum atomic E-state index is 13.8. The van der Waals surface area contributed by atoms with E-state index in [1.165, 1.54) is 10.9 Å². The van der Waals surface area contributed by atoms with E-state index in [0.29, 0.717) is 0 Å². The molecule has 0 aliphatic carbocycles. The summed E-state index contributed by atoms with van der Waals surface area (Å²) < 4.78 is 13.8. The average molecular weight is 304 g/mol. The standard InChI is InChI=1S/C19H13FN2O/c20-16-11-5-7-13-18(16)23-22-17-12-6-4-10-15(17)19(21-22)14-8-2-1-3-9-14/h1-13H. The van der Waals surface area contributed by atoms with Crippen LogP contribution in [0.4, 0.5) is 4.39 Å². The second-order valence-electron chi connectivity index (χ2n) is 5.13. The first-order valence-electron chi connectivity index (χ1n) is 7.29. The normalized spacial score (nSPS) is 10.8. The van der Waals surface area contributed by atoms with Gasteiger partial charge in [0.1, 0.15) is 11.2 Å². The van der Waals surface area contributed by atoms with Gasteiger partial charge in [0, 0.05) is 10.9 Å². The highest BCUT2D eigenvalue weighted by molar-refractivity contribution is 5.93. The largest absolute Gasteiger partial charge is 0.354 e. The van der Waals surface area contributed by atoms with Crippen LogP contribution in [0.25, 0.3) is 22.2 Å². The maximum absolute atomic E-state index is 13.8. The molecule has 0 fully saturated rings. The molecule has 0 saturated carbocycles. The topological polar surface area (TPSA) is 27.1 Å². The number of aromatic nitrogens is 2. The number of halogens is 1. The molecule has 0 bridgehead atoms. The molecule has 4 heteroatoms. The van der Waals surface area contributed by atoms with Crippen molar-refractivity contribution in [3.05, 3.63) is 84.7 Å². The van der Waals surface area contributed by atoms with Gasteiger partial charge in [0.25, 0.3) is 0 Å². The minimum atomic E-state index is -0.423. The van der Waals surface area contributed by atoms with Gasteiger partial charge in [0.05, 0.1) is 0 Å². The van der Waals surface area contributed by atoms with Gasteiger partial charge in [-0.15, -0.1) is 5.10 Å². The van der Waals surface area contributed by atoms with Crippen molar-refractivity contribution >= 4 is 10.9 Å². The Kier molecular flexibility index (Phi) is 3.27. The second kappa shape index (κ2) is 5.57. The molecule has 0 N–H and O–H groups in total. The van der Waals surface area contributed by atoms with Crippen LogP contribution in [0.15, 0.2) is 78.9 Å². The molecule has 112 valence electrons. The minimum absolute atomic E-state index is 0.139. The number of benzene rings is 3. The van der Waals surface area contributed by atoms with Crippen molar-refractivity contribution in [1.82, 2.24) is 9.94 Å². The van der Waals surface area contributed by atoms with Crippen molar-refractivity contribution in [1.29, 1.82) is 0 Å². The molecule has 0 aliphatic heterocycles. The molecule has 4 rings (SSSR count). The molecular formula is C19H13FN2O. The van der Waals surface area contributed by atoms with Gasteiger partial charge in [-0.3, -0.25) is 0 Å². The SMILES string of the molecule is Fc1ccccc1On1nc(-c2ccccc2)c2ccccc21. The lowest BCUT2D eigenvalue weighted by molar-refractivity contribution is 0.182. The monoisotopic (exact) mass is 304 g/mol. The van der Waals surface area contributed by atoms with Crippen LogP contribution in [0, 0.1) is 5.82 Å². The predicted molar refractivity (Wildman–Crippen MR) is 87.6 cm³/mol. The summed E-state index contributed by atoms with van der Waals surface area (Å²) in [5.41, 5.74) is 2.58. The van der Waals surface area contributed by atoms with E-state index >= 15 is 0 Å². The number of hydrogen-bond acceptors (Lipinski definition) is 2. The summed E-state index contributed by atoms with van der Waals surface area (Å²) >= 11 is 0. The van der Waals surface area contributed by atoms with Crippen LogP contribution in [-0.4, -0.2) is 9.94 Å². The Labute approximate surface area is 132 Å². The quantitative estimate of drug-likeness (QED) is 0.549. The maximum Gasteiger partial charge on any atom is 0.193 e. The second-order valence-corrected chi connectivity index (χ2v) is 5.13. The van der Waals surface area contributed by atoms with E-state index in [1.54, 1.807) is 18.2 Å². The number of nitrogens with zero attached hydrogens (tertiary/aromatic N) is 2. The van der Waals surface area contributed by atoms with Crippen LogP contribution in [0.5, 0.6) is 5.75 Å². The van der Waals surface area contributed by atoms with Crippen LogP contribution in [-0.2, 0) is 0 Å². The summed E-state index contributed by atoms with van der Waals surface area (Å²) in [5, 5.41) is 5.48. The van der Waals surface area contributed by atoms with Gasteiger partial charge in [0.2, 0.25) is 0 Å². The van der Waals surface area contributed by atoms with Crippen molar-refractivity contribution < 1.29 is 9.23 Å². The van der Waals surface area contributed by atoms with E-state index in [-0.39, 0.29) is 5.75 Å². The van der Waals surface area contributed by atoms with E-state index < -0.39 is 5.82 Å². The van der Waals surface area contributed by atoms with Crippen molar-refractivity contribution in [2.24, 2.45) is 0 Å². The number of fused-ring (bicyclic) bond motifs is 1. The van der Waals surface area contributed by atoms with Gasteiger partial charge < -0.3 is 4.84 Å². The third-order valence-electron chi connectivity index (χ3n) is 3.62. The van der Waals surface area contributed by atoms with Gasteiger partial charge in [0.15, 0.2) is 11.6 Å². The molecular weight excluding hydrogens is 291 g/mol. The van der Waals surface area contributed by atoms with Crippen molar-refractivity contribution in [2.75, 3.05) is 0 Å². The summed E-state index contributed by atoms with van der Waals surface area (Å²) in [6.07, 6.45) is 0. The molecule has 1 heterocycles. The van der Waals surface area contributed by atoms with Gasteiger partial charge in [-0.2, -0.15) is 0 Å². The highest BCUT2D eigenvalue weighted by Gasteiger charge is 2.14. The van der Waals surface area contributed by atoms with Crippen LogP contribution < -0.4 is 4.84 Å². The van der Waals surface area contributed by atoms with E-state index in [0.717, 1.165) is 22.2 Å². The zero-order valence-electron chi connectivity index (χ0n) is 12.2. The van der Waals surface area contributed by atoms with Crippen molar-refractivity contribution in [3.8, 4) is 17.0 Å². The third kappa shape index (κ3) is 2.44. The fraction of sp³-hybridized carbons (Fsp3) is 0. The summed E-state index contributed by atoms with van der Waals surface area (Å²) in [5.74, 6) is -0.284. The van der Waals surface area contributed by atoms with Gasteiger partial charge in [-0.1, -0.05) is 65.5 Å². The van der Waals surface area contributed by atoms with Gasteiger partial charge >= 0.3 is 0 Å². The fourth-order valence-electron chi connectivity index (χ4n) is 2.53. The summed E-state index contributed by atoms with van der Waals surface area (Å²) in [7, 11) is 0. The lowest BCUT2D eigenvalue weighted by Crippen LogP contribution is -2.08. The molecule has 3 aromatic carbocycles. The number of para-hydroxylation sites is 2. The molecule has 0 unspecified atom stereocenters.